The van der Waals surface area contributed by atoms with E-state index in [2.05, 4.69) is 10.4 Å². The molecule has 146 valence electrons. The zero-order valence-electron chi connectivity index (χ0n) is 15.8. The lowest BCUT2D eigenvalue weighted by atomic mass is 10.1. The van der Waals surface area contributed by atoms with Gasteiger partial charge in [0.2, 0.25) is 0 Å². The van der Waals surface area contributed by atoms with Crippen molar-refractivity contribution < 1.29 is 4.39 Å². The Labute approximate surface area is 168 Å². The highest BCUT2D eigenvalue weighted by Crippen LogP contribution is 2.22. The van der Waals surface area contributed by atoms with Crippen LogP contribution in [0.25, 0.3) is 0 Å². The topological polar surface area (TPSA) is 50.2 Å². The molecule has 3 aromatic rings. The number of halogens is 2. The average molecular weight is 401 g/mol. The summed E-state index contributed by atoms with van der Waals surface area (Å²) in [7, 11) is 3.82. The third-order valence-corrected chi connectivity index (χ3v) is 4.87. The van der Waals surface area contributed by atoms with Crippen molar-refractivity contribution in [2.24, 2.45) is 0 Å². The molecule has 0 saturated carbocycles. The summed E-state index contributed by atoms with van der Waals surface area (Å²) in [6.07, 6.45) is 1.55. The molecular weight excluding hydrogens is 379 g/mol. The van der Waals surface area contributed by atoms with Crippen molar-refractivity contribution in [3.63, 3.8) is 0 Å². The summed E-state index contributed by atoms with van der Waals surface area (Å²) < 4.78 is 14.9. The molecule has 0 aliphatic carbocycles. The minimum atomic E-state index is -0.359. The molecular formula is C21H22ClFN4O. The Morgan fingerprint density at radius 3 is 2.61 bits per heavy atom. The Bertz CT molecular complexity index is 991. The molecule has 7 heteroatoms. The highest BCUT2D eigenvalue weighted by molar-refractivity contribution is 6.32. The standard InChI is InChI=1S/C21H22ClFN4O/c1-26(2)19(16-9-6-10-17(23)11-16)13-24-18-12-25-27(21(28)20(18)22)14-15-7-4-3-5-8-15/h3-12,19,24H,13-14H2,1-2H3. The molecule has 28 heavy (non-hydrogen) atoms. The molecule has 2 aromatic carbocycles. The zero-order chi connectivity index (χ0) is 20.1. The van der Waals surface area contributed by atoms with Gasteiger partial charge in [0.15, 0.2) is 0 Å². The van der Waals surface area contributed by atoms with E-state index in [1.54, 1.807) is 12.3 Å². The van der Waals surface area contributed by atoms with Gasteiger partial charge in [-0.3, -0.25) is 4.79 Å². The highest BCUT2D eigenvalue weighted by atomic mass is 35.5. The summed E-state index contributed by atoms with van der Waals surface area (Å²) in [5.41, 5.74) is 1.90. The van der Waals surface area contributed by atoms with Crippen molar-refractivity contribution in [2.45, 2.75) is 12.6 Å². The molecule has 1 atom stereocenters. The van der Waals surface area contributed by atoms with Gasteiger partial charge in [0.1, 0.15) is 10.8 Å². The van der Waals surface area contributed by atoms with Crippen LogP contribution in [0.1, 0.15) is 17.2 Å². The third kappa shape index (κ3) is 4.77. The van der Waals surface area contributed by atoms with E-state index < -0.39 is 0 Å². The van der Waals surface area contributed by atoms with Crippen LogP contribution < -0.4 is 10.9 Å². The van der Waals surface area contributed by atoms with Crippen LogP contribution in [-0.2, 0) is 6.54 Å². The predicted molar refractivity (Wildman–Crippen MR) is 110 cm³/mol. The van der Waals surface area contributed by atoms with Crippen LogP contribution in [0.4, 0.5) is 10.1 Å². The van der Waals surface area contributed by atoms with E-state index in [0.717, 1.165) is 11.1 Å². The molecule has 0 spiro atoms. The second kappa shape index (κ2) is 8.99. The van der Waals surface area contributed by atoms with E-state index in [0.29, 0.717) is 18.8 Å². The van der Waals surface area contributed by atoms with Gasteiger partial charge >= 0.3 is 0 Å². The Morgan fingerprint density at radius 1 is 1.18 bits per heavy atom. The normalized spacial score (nSPS) is 12.2. The maximum Gasteiger partial charge on any atom is 0.287 e. The summed E-state index contributed by atoms with van der Waals surface area (Å²) in [6.45, 7) is 0.795. The van der Waals surface area contributed by atoms with Gasteiger partial charge in [0, 0.05) is 6.54 Å². The first kappa shape index (κ1) is 20.0. The van der Waals surface area contributed by atoms with Crippen molar-refractivity contribution in [3.05, 3.63) is 93.1 Å². The van der Waals surface area contributed by atoms with Gasteiger partial charge in [0.25, 0.3) is 5.56 Å². The van der Waals surface area contributed by atoms with Crippen LogP contribution in [0.3, 0.4) is 0 Å². The zero-order valence-corrected chi connectivity index (χ0v) is 16.5. The van der Waals surface area contributed by atoms with Crippen molar-refractivity contribution in [1.29, 1.82) is 0 Å². The third-order valence-electron chi connectivity index (χ3n) is 4.50. The van der Waals surface area contributed by atoms with Gasteiger partial charge in [-0.2, -0.15) is 5.10 Å². The maximum atomic E-state index is 13.6. The van der Waals surface area contributed by atoms with Gasteiger partial charge in [-0.05, 0) is 37.4 Å². The predicted octanol–water partition coefficient (Wildman–Crippen LogP) is 3.80. The average Bonchev–Trinajstić information content (AvgIpc) is 2.68. The van der Waals surface area contributed by atoms with Crippen molar-refractivity contribution in [3.8, 4) is 0 Å². The molecule has 0 amide bonds. The Hall–Kier alpha value is -2.70. The molecule has 0 radical (unpaired) electrons. The van der Waals surface area contributed by atoms with Crippen molar-refractivity contribution >= 4 is 17.3 Å². The lowest BCUT2D eigenvalue weighted by Gasteiger charge is -2.25. The molecule has 1 unspecified atom stereocenters. The SMILES string of the molecule is CN(C)C(CNc1cnn(Cc2ccccc2)c(=O)c1Cl)c1cccc(F)c1. The fourth-order valence-electron chi connectivity index (χ4n) is 2.98. The Morgan fingerprint density at radius 2 is 1.93 bits per heavy atom. The van der Waals surface area contributed by atoms with Gasteiger partial charge in [0.05, 0.1) is 24.5 Å². The number of nitrogens with zero attached hydrogens (tertiary/aromatic N) is 3. The van der Waals surface area contributed by atoms with E-state index in [4.69, 9.17) is 11.6 Å². The lowest BCUT2D eigenvalue weighted by Crippen LogP contribution is -2.29. The number of nitrogens with one attached hydrogen (secondary N) is 1. The Kier molecular flexibility index (Phi) is 6.44. The van der Waals surface area contributed by atoms with Crippen LogP contribution in [0.15, 0.2) is 65.6 Å². The second-order valence-electron chi connectivity index (χ2n) is 6.74. The van der Waals surface area contributed by atoms with E-state index in [1.807, 2.05) is 55.4 Å². The summed E-state index contributed by atoms with van der Waals surface area (Å²) in [6, 6.07) is 16.0. The number of benzene rings is 2. The largest absolute Gasteiger partial charge is 0.380 e. The molecule has 0 fully saturated rings. The molecule has 1 N–H and O–H groups in total. The second-order valence-corrected chi connectivity index (χ2v) is 7.11. The summed E-state index contributed by atoms with van der Waals surface area (Å²) in [5, 5.41) is 7.49. The Balaban J connectivity index is 1.76. The number of anilines is 1. The van der Waals surface area contributed by atoms with Crippen LogP contribution in [0, 0.1) is 5.82 Å². The minimum Gasteiger partial charge on any atom is -0.380 e. The van der Waals surface area contributed by atoms with Crippen LogP contribution in [0.5, 0.6) is 0 Å². The van der Waals surface area contributed by atoms with E-state index in [9.17, 15) is 9.18 Å². The number of rotatable bonds is 7. The molecule has 0 bridgehead atoms. The lowest BCUT2D eigenvalue weighted by molar-refractivity contribution is 0.311. The molecule has 0 aliphatic heterocycles. The summed E-state index contributed by atoms with van der Waals surface area (Å²) in [5.74, 6) is -0.285. The molecule has 0 aliphatic rings. The number of hydrogen-bond acceptors (Lipinski definition) is 4. The first-order valence-corrected chi connectivity index (χ1v) is 9.29. The smallest absolute Gasteiger partial charge is 0.287 e. The van der Waals surface area contributed by atoms with Gasteiger partial charge in [-0.1, -0.05) is 54.1 Å². The highest BCUT2D eigenvalue weighted by Gasteiger charge is 2.16. The van der Waals surface area contributed by atoms with Gasteiger partial charge in [-0.15, -0.1) is 0 Å². The van der Waals surface area contributed by atoms with E-state index in [-0.39, 0.29) is 22.4 Å². The van der Waals surface area contributed by atoms with E-state index in [1.165, 1.54) is 16.8 Å². The quantitative estimate of drug-likeness (QED) is 0.655. The van der Waals surface area contributed by atoms with Crippen LogP contribution in [-0.4, -0.2) is 35.3 Å². The summed E-state index contributed by atoms with van der Waals surface area (Å²) in [4.78, 5) is 14.5. The summed E-state index contributed by atoms with van der Waals surface area (Å²) >= 11 is 6.29. The molecule has 3 rings (SSSR count). The van der Waals surface area contributed by atoms with Crippen molar-refractivity contribution in [2.75, 3.05) is 26.0 Å². The van der Waals surface area contributed by atoms with Crippen molar-refractivity contribution in [1.82, 2.24) is 14.7 Å². The fraction of sp³-hybridized carbons (Fsp3) is 0.238. The minimum absolute atomic E-state index is 0.0858. The monoisotopic (exact) mass is 400 g/mol. The molecule has 1 aromatic heterocycles. The first-order valence-electron chi connectivity index (χ1n) is 8.91. The molecule has 0 saturated heterocycles. The maximum absolute atomic E-state index is 13.6. The van der Waals surface area contributed by atoms with E-state index >= 15 is 0 Å². The fourth-order valence-corrected chi connectivity index (χ4v) is 3.19. The van der Waals surface area contributed by atoms with Crippen LogP contribution in [0.2, 0.25) is 5.02 Å². The number of aromatic nitrogens is 2. The van der Waals surface area contributed by atoms with Gasteiger partial charge in [-0.25, -0.2) is 9.07 Å². The van der Waals surface area contributed by atoms with Gasteiger partial charge < -0.3 is 10.2 Å². The number of likely N-dealkylation sites (N-methyl/N-ethyl adjacent to an activating group) is 1. The number of hydrogen-bond donors (Lipinski definition) is 1. The molecule has 5 nitrogen and oxygen atoms in total. The molecule has 1 heterocycles. The first-order chi connectivity index (χ1) is 13.5. The van der Waals surface area contributed by atoms with Crippen LogP contribution >= 0.6 is 11.6 Å².